The van der Waals surface area contributed by atoms with E-state index in [2.05, 4.69) is 5.32 Å². The molecule has 4 rings (SSSR count). The van der Waals surface area contributed by atoms with E-state index in [9.17, 15) is 9.59 Å². The van der Waals surface area contributed by atoms with Crippen molar-refractivity contribution >= 4 is 11.9 Å². The van der Waals surface area contributed by atoms with Gasteiger partial charge < -0.3 is 15.1 Å². The molecule has 4 atom stereocenters. The number of nitrogens with zero attached hydrogens (tertiary/aromatic N) is 2. The molecule has 0 aromatic heterocycles. The molecule has 2 bridgehead atoms. The fourth-order valence-corrected chi connectivity index (χ4v) is 5.41. The molecular weight excluding hydrogens is 290 g/mol. The summed E-state index contributed by atoms with van der Waals surface area (Å²) >= 11 is 0. The van der Waals surface area contributed by atoms with Crippen LogP contribution < -0.4 is 5.32 Å². The molecule has 23 heavy (non-hydrogen) atoms. The Balaban J connectivity index is 1.27. The maximum atomic E-state index is 12.5. The third-order valence-corrected chi connectivity index (χ3v) is 6.63. The van der Waals surface area contributed by atoms with E-state index in [0.29, 0.717) is 18.9 Å². The molecule has 4 unspecified atom stereocenters. The zero-order chi connectivity index (χ0) is 15.8. The monoisotopic (exact) mass is 319 g/mol. The highest BCUT2D eigenvalue weighted by molar-refractivity contribution is 5.79. The highest BCUT2D eigenvalue weighted by atomic mass is 16.2. The average Bonchev–Trinajstić information content (AvgIpc) is 3.29. The topological polar surface area (TPSA) is 52.7 Å². The third-order valence-electron chi connectivity index (χ3n) is 6.63. The molecule has 5 heteroatoms. The Kier molecular flexibility index (Phi) is 4.20. The molecular formula is C18H29N3O2. The molecule has 3 amide bonds. The van der Waals surface area contributed by atoms with Crippen molar-refractivity contribution in [3.63, 3.8) is 0 Å². The Morgan fingerprint density at radius 3 is 2.74 bits per heavy atom. The van der Waals surface area contributed by atoms with E-state index in [0.717, 1.165) is 50.7 Å². The van der Waals surface area contributed by atoms with Gasteiger partial charge in [-0.15, -0.1) is 0 Å². The molecule has 128 valence electrons. The molecule has 2 aliphatic heterocycles. The van der Waals surface area contributed by atoms with Crippen LogP contribution in [0.2, 0.25) is 0 Å². The number of urea groups is 1. The normalized spacial score (nSPS) is 36.8. The number of hydrogen-bond acceptors (Lipinski definition) is 2. The summed E-state index contributed by atoms with van der Waals surface area (Å²) in [4.78, 5) is 28.4. The van der Waals surface area contributed by atoms with Gasteiger partial charge in [-0.2, -0.15) is 0 Å². The highest BCUT2D eigenvalue weighted by Gasteiger charge is 2.39. The van der Waals surface area contributed by atoms with E-state index in [1.165, 1.54) is 25.7 Å². The maximum absolute atomic E-state index is 12.5. The molecule has 0 radical (unpaired) electrons. The predicted octanol–water partition coefficient (Wildman–Crippen LogP) is 2.22. The molecule has 0 aromatic rings. The van der Waals surface area contributed by atoms with Crippen molar-refractivity contribution in [2.75, 3.05) is 26.2 Å². The zero-order valence-electron chi connectivity index (χ0n) is 14.0. The van der Waals surface area contributed by atoms with E-state index in [1.54, 1.807) is 0 Å². The fourth-order valence-electron chi connectivity index (χ4n) is 5.41. The third kappa shape index (κ3) is 3.07. The number of carbonyl (C=O) groups excluding carboxylic acids is 2. The highest BCUT2D eigenvalue weighted by Crippen LogP contribution is 2.47. The fraction of sp³-hybridized carbons (Fsp3) is 0.889. The lowest BCUT2D eigenvalue weighted by Gasteiger charge is -2.37. The van der Waals surface area contributed by atoms with Gasteiger partial charge in [0.1, 0.15) is 0 Å². The van der Waals surface area contributed by atoms with Gasteiger partial charge in [-0.05, 0) is 56.3 Å². The first-order chi connectivity index (χ1) is 11.2. The first kappa shape index (κ1) is 15.3. The van der Waals surface area contributed by atoms with Gasteiger partial charge in [-0.1, -0.05) is 6.42 Å². The molecule has 4 fully saturated rings. The number of hydrogen-bond donors (Lipinski definition) is 1. The second-order valence-corrected chi connectivity index (χ2v) is 8.05. The molecule has 4 aliphatic rings. The molecule has 0 aromatic carbocycles. The zero-order valence-corrected chi connectivity index (χ0v) is 14.0. The van der Waals surface area contributed by atoms with Gasteiger partial charge in [0.05, 0.1) is 0 Å². The van der Waals surface area contributed by atoms with Crippen LogP contribution in [0, 0.1) is 17.8 Å². The van der Waals surface area contributed by atoms with E-state index in [1.807, 2.05) is 9.80 Å². The number of carbonyl (C=O) groups is 2. The minimum absolute atomic E-state index is 0.0871. The van der Waals surface area contributed by atoms with Crippen molar-refractivity contribution in [3.8, 4) is 0 Å². The number of fused-ring (bicyclic) bond motifs is 2. The van der Waals surface area contributed by atoms with Crippen molar-refractivity contribution in [2.24, 2.45) is 17.8 Å². The first-order valence-electron chi connectivity index (χ1n) is 9.53. The summed E-state index contributed by atoms with van der Waals surface area (Å²) in [6.45, 7) is 3.28. The lowest BCUT2D eigenvalue weighted by atomic mass is 9.89. The van der Waals surface area contributed by atoms with Crippen LogP contribution in [0.4, 0.5) is 4.79 Å². The van der Waals surface area contributed by atoms with E-state index in [4.69, 9.17) is 0 Å². The van der Waals surface area contributed by atoms with Gasteiger partial charge in [0.2, 0.25) is 5.91 Å². The molecule has 0 spiro atoms. The number of piperidine rings is 1. The second kappa shape index (κ2) is 6.33. The standard InChI is InChI=1S/C18H29N3O2/c22-17-4-2-8-21(17)16-3-1-7-20(12-16)18(23)19-11-15-10-13-5-6-14(15)9-13/h13-16H,1-12H2,(H,19,23). The summed E-state index contributed by atoms with van der Waals surface area (Å²) in [5.74, 6) is 2.77. The smallest absolute Gasteiger partial charge is 0.317 e. The van der Waals surface area contributed by atoms with Gasteiger partial charge in [-0.3, -0.25) is 4.79 Å². The van der Waals surface area contributed by atoms with Crippen LogP contribution in [-0.4, -0.2) is 54.0 Å². The average molecular weight is 319 g/mol. The van der Waals surface area contributed by atoms with Gasteiger partial charge >= 0.3 is 6.03 Å². The second-order valence-electron chi connectivity index (χ2n) is 8.05. The largest absolute Gasteiger partial charge is 0.338 e. The first-order valence-corrected chi connectivity index (χ1v) is 9.53. The molecule has 2 aliphatic carbocycles. The minimum atomic E-state index is 0.0871. The Hall–Kier alpha value is -1.26. The number of rotatable bonds is 3. The molecule has 2 saturated carbocycles. The van der Waals surface area contributed by atoms with Crippen molar-refractivity contribution < 1.29 is 9.59 Å². The molecule has 1 N–H and O–H groups in total. The van der Waals surface area contributed by atoms with Crippen LogP contribution in [0.5, 0.6) is 0 Å². The summed E-state index contributed by atoms with van der Waals surface area (Å²) in [6.07, 6.45) is 9.21. The summed E-state index contributed by atoms with van der Waals surface area (Å²) in [5.41, 5.74) is 0. The van der Waals surface area contributed by atoms with Crippen LogP contribution >= 0.6 is 0 Å². The van der Waals surface area contributed by atoms with E-state index in [-0.39, 0.29) is 18.0 Å². The Bertz CT molecular complexity index is 481. The van der Waals surface area contributed by atoms with Crippen molar-refractivity contribution in [1.82, 2.24) is 15.1 Å². The van der Waals surface area contributed by atoms with Crippen molar-refractivity contribution in [1.29, 1.82) is 0 Å². The number of likely N-dealkylation sites (tertiary alicyclic amines) is 2. The van der Waals surface area contributed by atoms with Crippen LogP contribution in [0.25, 0.3) is 0 Å². The van der Waals surface area contributed by atoms with E-state index < -0.39 is 0 Å². The lowest BCUT2D eigenvalue weighted by molar-refractivity contribution is -0.130. The number of amides is 3. The Labute approximate surface area is 138 Å². The van der Waals surface area contributed by atoms with Gasteiger partial charge in [0, 0.05) is 38.6 Å². The van der Waals surface area contributed by atoms with Crippen LogP contribution in [0.3, 0.4) is 0 Å². The predicted molar refractivity (Wildman–Crippen MR) is 87.9 cm³/mol. The number of nitrogens with one attached hydrogen (secondary N) is 1. The minimum Gasteiger partial charge on any atom is -0.338 e. The van der Waals surface area contributed by atoms with Gasteiger partial charge in [0.25, 0.3) is 0 Å². The van der Waals surface area contributed by atoms with Crippen LogP contribution in [0.1, 0.15) is 51.4 Å². The van der Waals surface area contributed by atoms with Gasteiger partial charge in [-0.25, -0.2) is 4.79 Å². The summed E-state index contributed by atoms with van der Waals surface area (Å²) in [7, 11) is 0. The molecule has 2 saturated heterocycles. The van der Waals surface area contributed by atoms with Crippen LogP contribution in [0.15, 0.2) is 0 Å². The van der Waals surface area contributed by atoms with Crippen molar-refractivity contribution in [2.45, 2.75) is 57.4 Å². The lowest BCUT2D eigenvalue weighted by Crippen LogP contribution is -2.53. The van der Waals surface area contributed by atoms with E-state index >= 15 is 0 Å². The SMILES string of the molecule is O=C(NCC1CC2CCC1C2)N1CCCC(N2CCCC2=O)C1. The summed E-state index contributed by atoms with van der Waals surface area (Å²) < 4.78 is 0. The summed E-state index contributed by atoms with van der Waals surface area (Å²) in [5, 5.41) is 3.19. The summed E-state index contributed by atoms with van der Waals surface area (Å²) in [6, 6.07) is 0.330. The van der Waals surface area contributed by atoms with Gasteiger partial charge in [0.15, 0.2) is 0 Å². The van der Waals surface area contributed by atoms with Crippen molar-refractivity contribution in [3.05, 3.63) is 0 Å². The Morgan fingerprint density at radius 2 is 2.04 bits per heavy atom. The maximum Gasteiger partial charge on any atom is 0.317 e. The van der Waals surface area contributed by atoms with Crippen LogP contribution in [-0.2, 0) is 4.79 Å². The molecule has 5 nitrogen and oxygen atoms in total. The Morgan fingerprint density at radius 1 is 1.13 bits per heavy atom. The quantitative estimate of drug-likeness (QED) is 0.867. The molecule has 2 heterocycles.